The zero-order valence-corrected chi connectivity index (χ0v) is 10.2. The first-order valence-corrected chi connectivity index (χ1v) is 5.24. The highest BCUT2D eigenvalue weighted by Gasteiger charge is 2.22. The van der Waals surface area contributed by atoms with Crippen molar-refractivity contribution in [2.24, 2.45) is 0 Å². The molecule has 0 aromatic carbocycles. The van der Waals surface area contributed by atoms with Gasteiger partial charge in [-0.3, -0.25) is 0 Å². The van der Waals surface area contributed by atoms with E-state index in [1.807, 2.05) is 25.4 Å². The second-order valence-electron chi connectivity index (χ2n) is 3.48. The summed E-state index contributed by atoms with van der Waals surface area (Å²) in [5.74, 6) is 0. The van der Waals surface area contributed by atoms with Crippen LogP contribution in [0.2, 0.25) is 5.15 Å². The smallest absolute Gasteiger partial charge is 0.129 e. The zero-order valence-electron chi connectivity index (χ0n) is 8.61. The Morgan fingerprint density at radius 3 is 2.93 bits per heavy atom. The molecule has 15 heavy (non-hydrogen) atoms. The molecule has 0 spiro atoms. The second kappa shape index (κ2) is 5.54. The summed E-state index contributed by atoms with van der Waals surface area (Å²) < 4.78 is 0. The van der Waals surface area contributed by atoms with E-state index in [4.69, 9.17) is 11.6 Å². The molecule has 0 aliphatic carbocycles. The molecule has 1 unspecified atom stereocenters. The summed E-state index contributed by atoms with van der Waals surface area (Å²) in [7, 11) is 1.99. The Labute approximate surface area is 101 Å². The van der Waals surface area contributed by atoms with Gasteiger partial charge >= 0.3 is 0 Å². The van der Waals surface area contributed by atoms with E-state index >= 15 is 0 Å². The van der Waals surface area contributed by atoms with Crippen LogP contribution >= 0.6 is 24.0 Å². The molecule has 0 radical (unpaired) electrons. The second-order valence-corrected chi connectivity index (χ2v) is 3.87. The fourth-order valence-corrected chi connectivity index (χ4v) is 2.03. The van der Waals surface area contributed by atoms with Crippen LogP contribution in [0.15, 0.2) is 18.3 Å². The molecule has 3 nitrogen and oxygen atoms in total. The maximum atomic E-state index is 5.74. The van der Waals surface area contributed by atoms with E-state index < -0.39 is 0 Å². The molecule has 0 saturated carbocycles. The zero-order chi connectivity index (χ0) is 9.97. The summed E-state index contributed by atoms with van der Waals surface area (Å²) in [6.45, 7) is 1.09. The first-order valence-electron chi connectivity index (χ1n) is 4.87. The van der Waals surface area contributed by atoms with Gasteiger partial charge in [-0.05, 0) is 32.0 Å². The Morgan fingerprint density at radius 1 is 1.53 bits per heavy atom. The maximum Gasteiger partial charge on any atom is 0.129 e. The van der Waals surface area contributed by atoms with Gasteiger partial charge in [-0.1, -0.05) is 11.6 Å². The summed E-state index contributed by atoms with van der Waals surface area (Å²) >= 11 is 5.74. The minimum atomic E-state index is 0. The Kier molecular flexibility index (Phi) is 4.64. The normalized spacial score (nSPS) is 20.1. The molecule has 1 aromatic rings. The van der Waals surface area contributed by atoms with Crippen LogP contribution in [0.4, 0.5) is 5.69 Å². The lowest BCUT2D eigenvalue weighted by atomic mass is 10.3. The van der Waals surface area contributed by atoms with Gasteiger partial charge in [0.05, 0.1) is 18.1 Å². The van der Waals surface area contributed by atoms with Gasteiger partial charge in [0.1, 0.15) is 5.15 Å². The number of aromatic nitrogens is 1. The fourth-order valence-electron chi connectivity index (χ4n) is 1.91. The maximum absolute atomic E-state index is 5.74. The number of anilines is 1. The Balaban J connectivity index is 0.00000112. The Hall–Kier alpha value is -0.510. The highest BCUT2D eigenvalue weighted by Crippen LogP contribution is 2.23. The van der Waals surface area contributed by atoms with E-state index in [1.165, 1.54) is 12.8 Å². The molecule has 1 N–H and O–H groups in total. The van der Waals surface area contributed by atoms with E-state index in [-0.39, 0.29) is 12.4 Å². The quantitative estimate of drug-likeness (QED) is 0.814. The molecule has 1 aliphatic rings. The number of nitrogens with one attached hydrogen (secondary N) is 1. The monoisotopic (exact) mass is 247 g/mol. The molecule has 1 saturated heterocycles. The number of pyridine rings is 1. The molecule has 0 bridgehead atoms. The Bertz CT molecular complexity index is 302. The van der Waals surface area contributed by atoms with E-state index in [0.29, 0.717) is 11.3 Å². The molecule has 0 amide bonds. The van der Waals surface area contributed by atoms with Crippen LogP contribution in [-0.4, -0.2) is 24.7 Å². The molecule has 2 heterocycles. The van der Waals surface area contributed by atoms with Crippen molar-refractivity contribution in [3.05, 3.63) is 23.5 Å². The van der Waals surface area contributed by atoms with Crippen LogP contribution in [0.25, 0.3) is 0 Å². The van der Waals surface area contributed by atoms with Crippen molar-refractivity contribution in [2.75, 3.05) is 18.5 Å². The van der Waals surface area contributed by atoms with Crippen molar-refractivity contribution in [3.63, 3.8) is 0 Å². The summed E-state index contributed by atoms with van der Waals surface area (Å²) in [6, 6.07) is 3.85. The molecule has 1 aromatic heterocycles. The number of rotatable bonds is 2. The average Bonchev–Trinajstić information content (AvgIpc) is 2.67. The van der Waals surface area contributed by atoms with Gasteiger partial charge in [-0.2, -0.15) is 0 Å². The lowest BCUT2D eigenvalue weighted by molar-refractivity contribution is 0.582. The largest absolute Gasteiger partial charge is 0.355 e. The van der Waals surface area contributed by atoms with Crippen LogP contribution in [0.5, 0.6) is 0 Å². The molecular formula is C10H15Cl2N3. The molecule has 1 fully saturated rings. The van der Waals surface area contributed by atoms with E-state index in [9.17, 15) is 0 Å². The van der Waals surface area contributed by atoms with Crippen molar-refractivity contribution in [2.45, 2.75) is 19.0 Å². The van der Waals surface area contributed by atoms with Gasteiger partial charge in [0.25, 0.3) is 0 Å². The minimum Gasteiger partial charge on any atom is -0.355 e. The van der Waals surface area contributed by atoms with Crippen molar-refractivity contribution in [1.82, 2.24) is 10.3 Å². The van der Waals surface area contributed by atoms with Crippen LogP contribution < -0.4 is 10.2 Å². The topological polar surface area (TPSA) is 28.2 Å². The van der Waals surface area contributed by atoms with Crippen molar-refractivity contribution < 1.29 is 0 Å². The molecular weight excluding hydrogens is 233 g/mol. The van der Waals surface area contributed by atoms with Crippen molar-refractivity contribution in [3.8, 4) is 0 Å². The van der Waals surface area contributed by atoms with Crippen molar-refractivity contribution in [1.29, 1.82) is 0 Å². The van der Waals surface area contributed by atoms with E-state index in [1.54, 1.807) is 0 Å². The summed E-state index contributed by atoms with van der Waals surface area (Å²) in [4.78, 5) is 6.41. The van der Waals surface area contributed by atoms with Gasteiger partial charge in [0.15, 0.2) is 0 Å². The van der Waals surface area contributed by atoms with Crippen LogP contribution in [0, 0.1) is 0 Å². The van der Waals surface area contributed by atoms with Crippen molar-refractivity contribution >= 4 is 29.7 Å². The van der Waals surface area contributed by atoms with Crippen LogP contribution in [0.3, 0.4) is 0 Å². The molecule has 1 aliphatic heterocycles. The average molecular weight is 248 g/mol. The highest BCUT2D eigenvalue weighted by molar-refractivity contribution is 6.29. The van der Waals surface area contributed by atoms with Gasteiger partial charge in [-0.25, -0.2) is 4.98 Å². The number of hydrogen-bond donors (Lipinski definition) is 1. The predicted molar refractivity (Wildman–Crippen MR) is 65.9 cm³/mol. The molecule has 5 heteroatoms. The summed E-state index contributed by atoms with van der Waals surface area (Å²) in [6.07, 6.45) is 4.70. The van der Waals surface area contributed by atoms with E-state index in [2.05, 4.69) is 15.2 Å². The molecule has 84 valence electrons. The number of hydrogen-bond acceptors (Lipinski definition) is 3. The third-order valence-electron chi connectivity index (χ3n) is 2.63. The standard InChI is InChI=1S/C10H14ClN3.ClH/c1-12-10-3-2-6-14(10)8-4-5-9(11)13-7-8;/h4-5,7,10,12H,2-3,6H2,1H3;1H. The van der Waals surface area contributed by atoms with Gasteiger partial charge in [-0.15, -0.1) is 12.4 Å². The predicted octanol–water partition coefficient (Wildman–Crippen LogP) is 2.30. The van der Waals surface area contributed by atoms with Gasteiger partial charge in [0, 0.05) is 6.54 Å². The molecule has 2 rings (SSSR count). The SMILES string of the molecule is CNC1CCCN1c1ccc(Cl)nc1.Cl. The Morgan fingerprint density at radius 2 is 2.33 bits per heavy atom. The van der Waals surface area contributed by atoms with Crippen LogP contribution in [-0.2, 0) is 0 Å². The summed E-state index contributed by atoms with van der Waals surface area (Å²) in [5.41, 5.74) is 1.14. The lowest BCUT2D eigenvalue weighted by Crippen LogP contribution is -2.39. The van der Waals surface area contributed by atoms with E-state index in [0.717, 1.165) is 12.2 Å². The molecule has 1 atom stereocenters. The first-order chi connectivity index (χ1) is 6.81. The van der Waals surface area contributed by atoms with Gasteiger partial charge in [0.2, 0.25) is 0 Å². The first kappa shape index (κ1) is 12.6. The highest BCUT2D eigenvalue weighted by atomic mass is 35.5. The number of nitrogens with zero attached hydrogens (tertiary/aromatic N) is 2. The fraction of sp³-hybridized carbons (Fsp3) is 0.500. The third kappa shape index (κ3) is 2.74. The summed E-state index contributed by atoms with van der Waals surface area (Å²) in [5, 5.41) is 3.84. The third-order valence-corrected chi connectivity index (χ3v) is 2.85. The van der Waals surface area contributed by atoms with Crippen LogP contribution in [0.1, 0.15) is 12.8 Å². The van der Waals surface area contributed by atoms with Gasteiger partial charge < -0.3 is 10.2 Å². The lowest BCUT2D eigenvalue weighted by Gasteiger charge is -2.25. The minimum absolute atomic E-state index is 0. The number of halogens is 2.